The maximum Gasteiger partial charge on any atom is 0.251 e. The number of amides is 1. The van der Waals surface area contributed by atoms with Gasteiger partial charge in [0.05, 0.1) is 13.7 Å². The highest BCUT2D eigenvalue weighted by Crippen LogP contribution is 2.22. The number of carbonyl (C=O) groups excluding carboxylic acids is 1. The molecule has 1 aromatic rings. The first-order chi connectivity index (χ1) is 11.7. The van der Waals surface area contributed by atoms with Crippen molar-refractivity contribution in [2.24, 2.45) is 0 Å². The van der Waals surface area contributed by atoms with Crippen LogP contribution >= 0.6 is 0 Å². The van der Waals surface area contributed by atoms with Crippen LogP contribution in [0.5, 0.6) is 5.75 Å². The first-order valence-corrected chi connectivity index (χ1v) is 8.95. The number of allylic oxidation sites excluding steroid dienone is 1. The van der Waals surface area contributed by atoms with Gasteiger partial charge in [-0.15, -0.1) is 0 Å². The highest BCUT2D eigenvalue weighted by molar-refractivity contribution is 5.94. The fraction of sp³-hybridized carbons (Fsp3) is 0.550. The molecule has 4 nitrogen and oxygen atoms in total. The molecular weight excluding hydrogens is 302 g/mol. The molecule has 1 aliphatic rings. The van der Waals surface area contributed by atoms with Crippen molar-refractivity contribution in [3.63, 3.8) is 0 Å². The lowest BCUT2D eigenvalue weighted by atomic mass is 9.97. The quantitative estimate of drug-likeness (QED) is 0.544. The van der Waals surface area contributed by atoms with Gasteiger partial charge in [-0.1, -0.05) is 18.6 Å². The number of carbonyl (C=O) groups is 1. The average Bonchev–Trinajstić information content (AvgIpc) is 2.62. The number of hydrogen-bond acceptors (Lipinski definition) is 3. The summed E-state index contributed by atoms with van der Waals surface area (Å²) in [6.45, 7) is 3.93. The largest absolute Gasteiger partial charge is 0.496 e. The summed E-state index contributed by atoms with van der Waals surface area (Å²) in [4.78, 5) is 12.4. The van der Waals surface area contributed by atoms with E-state index in [0.717, 1.165) is 24.2 Å². The van der Waals surface area contributed by atoms with Crippen LogP contribution in [0.4, 0.5) is 0 Å². The molecule has 4 heteroatoms. The summed E-state index contributed by atoms with van der Waals surface area (Å²) in [5, 5.41) is 3.02. The van der Waals surface area contributed by atoms with Gasteiger partial charge in [0.2, 0.25) is 0 Å². The Kier molecular flexibility index (Phi) is 7.83. The first-order valence-electron chi connectivity index (χ1n) is 8.95. The third-order valence-electron chi connectivity index (χ3n) is 4.27. The molecule has 1 aliphatic carbocycles. The molecule has 0 atom stereocenters. The van der Waals surface area contributed by atoms with Crippen LogP contribution in [0.25, 0.3) is 0 Å². The zero-order chi connectivity index (χ0) is 17.2. The predicted octanol–water partition coefficient (Wildman–Crippen LogP) is 4.24. The molecule has 0 saturated heterocycles. The molecule has 24 heavy (non-hydrogen) atoms. The predicted molar refractivity (Wildman–Crippen MR) is 96.4 cm³/mol. The Morgan fingerprint density at radius 3 is 2.88 bits per heavy atom. The monoisotopic (exact) mass is 331 g/mol. The van der Waals surface area contributed by atoms with Crippen LogP contribution in [-0.2, 0) is 11.3 Å². The van der Waals surface area contributed by atoms with Gasteiger partial charge in [-0.25, -0.2) is 0 Å². The fourth-order valence-electron chi connectivity index (χ4n) is 2.93. The molecule has 0 saturated carbocycles. The maximum atomic E-state index is 12.4. The molecular formula is C20H29NO3. The van der Waals surface area contributed by atoms with E-state index < -0.39 is 0 Å². The number of methoxy groups -OCH3 is 1. The summed E-state index contributed by atoms with van der Waals surface area (Å²) in [5.41, 5.74) is 3.04. The molecule has 1 aromatic carbocycles. The molecule has 0 fully saturated rings. The van der Waals surface area contributed by atoms with E-state index >= 15 is 0 Å². The minimum Gasteiger partial charge on any atom is -0.496 e. The Hall–Kier alpha value is -1.81. The van der Waals surface area contributed by atoms with E-state index in [1.807, 2.05) is 12.1 Å². The molecule has 1 amide bonds. The van der Waals surface area contributed by atoms with E-state index in [4.69, 9.17) is 9.47 Å². The minimum atomic E-state index is -0.0363. The summed E-state index contributed by atoms with van der Waals surface area (Å²) >= 11 is 0. The van der Waals surface area contributed by atoms with Crippen molar-refractivity contribution in [2.45, 2.75) is 52.1 Å². The normalized spacial score (nSPS) is 14.2. The van der Waals surface area contributed by atoms with E-state index in [2.05, 4.69) is 18.3 Å². The number of rotatable bonds is 9. The van der Waals surface area contributed by atoms with E-state index in [0.29, 0.717) is 25.3 Å². The zero-order valence-electron chi connectivity index (χ0n) is 14.9. The molecule has 0 spiro atoms. The van der Waals surface area contributed by atoms with Crippen LogP contribution in [0, 0.1) is 0 Å². The van der Waals surface area contributed by atoms with Crippen LogP contribution < -0.4 is 10.1 Å². The van der Waals surface area contributed by atoms with Gasteiger partial charge in [-0.05, 0) is 56.7 Å². The molecule has 0 heterocycles. The van der Waals surface area contributed by atoms with Gasteiger partial charge in [-0.2, -0.15) is 0 Å². The summed E-state index contributed by atoms with van der Waals surface area (Å²) < 4.78 is 10.9. The van der Waals surface area contributed by atoms with Crippen molar-refractivity contribution in [1.82, 2.24) is 5.32 Å². The Balaban J connectivity index is 1.90. The highest BCUT2D eigenvalue weighted by Gasteiger charge is 2.11. The van der Waals surface area contributed by atoms with Gasteiger partial charge >= 0.3 is 0 Å². The Morgan fingerprint density at radius 2 is 2.17 bits per heavy atom. The lowest BCUT2D eigenvalue weighted by Crippen LogP contribution is -2.25. The molecule has 132 valence electrons. The van der Waals surface area contributed by atoms with Gasteiger partial charge in [0.15, 0.2) is 0 Å². The number of hydrogen-bond donors (Lipinski definition) is 1. The van der Waals surface area contributed by atoms with Crippen LogP contribution in [0.2, 0.25) is 0 Å². The zero-order valence-corrected chi connectivity index (χ0v) is 14.9. The average molecular weight is 331 g/mol. The smallest absolute Gasteiger partial charge is 0.251 e. The second-order valence-corrected chi connectivity index (χ2v) is 6.19. The standard InChI is InChI=1S/C20H29NO3/c1-3-13-24-15-18-14-17(9-10-19(18)23-2)20(22)21-12-11-16-7-5-4-6-8-16/h7,9-10,14H,3-6,8,11-13,15H2,1-2H3,(H,21,22). The molecule has 0 aliphatic heterocycles. The SMILES string of the molecule is CCCOCc1cc(C(=O)NCCC2=CCCCC2)ccc1OC. The molecule has 0 bridgehead atoms. The molecule has 0 unspecified atom stereocenters. The minimum absolute atomic E-state index is 0.0363. The van der Waals surface area contributed by atoms with Crippen LogP contribution in [-0.4, -0.2) is 26.2 Å². The summed E-state index contributed by atoms with van der Waals surface area (Å²) in [6.07, 6.45) is 9.18. The third kappa shape index (κ3) is 5.68. The number of benzene rings is 1. The third-order valence-corrected chi connectivity index (χ3v) is 4.27. The Morgan fingerprint density at radius 1 is 1.29 bits per heavy atom. The van der Waals surface area contributed by atoms with E-state index in [9.17, 15) is 4.79 Å². The van der Waals surface area contributed by atoms with E-state index in [1.54, 1.807) is 13.2 Å². The number of nitrogens with one attached hydrogen (secondary N) is 1. The van der Waals surface area contributed by atoms with Crippen LogP contribution in [0.1, 0.15) is 61.4 Å². The number of ether oxygens (including phenoxy) is 2. The van der Waals surface area contributed by atoms with Crippen molar-refractivity contribution in [2.75, 3.05) is 20.3 Å². The van der Waals surface area contributed by atoms with E-state index in [1.165, 1.54) is 31.3 Å². The lowest BCUT2D eigenvalue weighted by molar-refractivity contribution is 0.0953. The van der Waals surface area contributed by atoms with Gasteiger partial charge < -0.3 is 14.8 Å². The fourth-order valence-corrected chi connectivity index (χ4v) is 2.93. The topological polar surface area (TPSA) is 47.6 Å². The summed E-state index contributed by atoms with van der Waals surface area (Å²) in [7, 11) is 1.64. The summed E-state index contributed by atoms with van der Waals surface area (Å²) in [6, 6.07) is 5.50. The van der Waals surface area contributed by atoms with Crippen molar-refractivity contribution in [1.29, 1.82) is 0 Å². The van der Waals surface area contributed by atoms with Crippen molar-refractivity contribution in [3.05, 3.63) is 41.0 Å². The van der Waals surface area contributed by atoms with E-state index in [-0.39, 0.29) is 5.91 Å². The second kappa shape index (κ2) is 10.1. The van der Waals surface area contributed by atoms with Crippen LogP contribution in [0.3, 0.4) is 0 Å². The molecule has 0 radical (unpaired) electrons. The maximum absolute atomic E-state index is 12.4. The molecule has 2 rings (SSSR count). The van der Waals surface area contributed by atoms with Crippen molar-refractivity contribution in [3.8, 4) is 5.75 Å². The second-order valence-electron chi connectivity index (χ2n) is 6.19. The highest BCUT2D eigenvalue weighted by atomic mass is 16.5. The first kappa shape index (κ1) is 18.5. The van der Waals surface area contributed by atoms with Gasteiger partial charge in [0.25, 0.3) is 5.91 Å². The van der Waals surface area contributed by atoms with Gasteiger partial charge in [-0.3, -0.25) is 4.79 Å². The van der Waals surface area contributed by atoms with Gasteiger partial charge in [0.1, 0.15) is 5.75 Å². The lowest BCUT2D eigenvalue weighted by Gasteiger charge is -2.14. The Bertz CT molecular complexity index is 566. The molecule has 1 N–H and O–H groups in total. The van der Waals surface area contributed by atoms with Gasteiger partial charge in [0, 0.05) is 24.3 Å². The summed E-state index contributed by atoms with van der Waals surface area (Å²) in [5.74, 6) is 0.723. The van der Waals surface area contributed by atoms with Crippen molar-refractivity contribution < 1.29 is 14.3 Å². The Labute approximate surface area is 145 Å². The van der Waals surface area contributed by atoms with Crippen molar-refractivity contribution >= 4 is 5.91 Å². The molecule has 0 aromatic heterocycles. The van der Waals surface area contributed by atoms with Crippen LogP contribution in [0.15, 0.2) is 29.8 Å².